The van der Waals surface area contributed by atoms with Crippen LogP contribution in [0.3, 0.4) is 0 Å². The number of ether oxygens (including phenoxy) is 1. The minimum absolute atomic E-state index is 0.121. The molecule has 0 fully saturated rings. The molecule has 0 aromatic heterocycles. The molecule has 0 amide bonds. The van der Waals surface area contributed by atoms with Gasteiger partial charge in [-0.15, -0.1) is 0 Å². The first-order chi connectivity index (χ1) is 7.72. The van der Waals surface area contributed by atoms with Crippen molar-refractivity contribution in [2.75, 3.05) is 13.2 Å². The Morgan fingerprint density at radius 3 is 2.50 bits per heavy atom. The van der Waals surface area contributed by atoms with Crippen molar-refractivity contribution in [1.82, 2.24) is 5.32 Å². The van der Waals surface area contributed by atoms with Crippen LogP contribution in [0.2, 0.25) is 0 Å². The van der Waals surface area contributed by atoms with Crippen LogP contribution in [0.5, 0.6) is 0 Å². The van der Waals surface area contributed by atoms with Crippen molar-refractivity contribution in [3.05, 3.63) is 35.9 Å². The van der Waals surface area contributed by atoms with Gasteiger partial charge in [-0.3, -0.25) is 0 Å². The zero-order chi connectivity index (χ0) is 11.8. The second kappa shape index (κ2) is 7.39. The highest BCUT2D eigenvalue weighted by Gasteiger charge is 2.05. The molecule has 0 saturated carbocycles. The third kappa shape index (κ3) is 5.26. The van der Waals surface area contributed by atoms with Gasteiger partial charge < -0.3 is 15.2 Å². The number of rotatable bonds is 7. The quantitative estimate of drug-likeness (QED) is 0.737. The molecule has 0 heterocycles. The summed E-state index contributed by atoms with van der Waals surface area (Å²) in [6.45, 7) is 5.45. The summed E-state index contributed by atoms with van der Waals surface area (Å²) in [5.41, 5.74) is 1.19. The number of benzene rings is 1. The van der Waals surface area contributed by atoms with E-state index < -0.39 is 0 Å². The van der Waals surface area contributed by atoms with Crippen LogP contribution in [0.25, 0.3) is 0 Å². The van der Waals surface area contributed by atoms with Crippen molar-refractivity contribution >= 4 is 0 Å². The Hall–Kier alpha value is -0.900. The molecule has 0 bridgehead atoms. The van der Waals surface area contributed by atoms with Crippen LogP contribution in [-0.4, -0.2) is 30.4 Å². The van der Waals surface area contributed by atoms with Crippen LogP contribution in [0.4, 0.5) is 0 Å². The zero-order valence-electron chi connectivity index (χ0n) is 10.0. The molecule has 1 rings (SSSR count). The monoisotopic (exact) mass is 223 g/mol. The van der Waals surface area contributed by atoms with Crippen molar-refractivity contribution in [2.24, 2.45) is 0 Å². The van der Waals surface area contributed by atoms with Gasteiger partial charge in [-0.1, -0.05) is 30.3 Å². The highest BCUT2D eigenvalue weighted by Crippen LogP contribution is 2.01. The summed E-state index contributed by atoms with van der Waals surface area (Å²) in [4.78, 5) is 0. The maximum Gasteiger partial charge on any atom is 0.0717 e. The van der Waals surface area contributed by atoms with Crippen LogP contribution in [0, 0.1) is 0 Å². The molecule has 2 N–H and O–H groups in total. The average molecular weight is 223 g/mol. The lowest BCUT2D eigenvalue weighted by molar-refractivity contribution is 0.0965. The fourth-order valence-corrected chi connectivity index (χ4v) is 1.51. The molecule has 3 heteroatoms. The Bertz CT molecular complexity index is 277. The molecule has 3 nitrogen and oxygen atoms in total. The Labute approximate surface area is 97.4 Å². The molecule has 0 spiro atoms. The van der Waals surface area contributed by atoms with E-state index >= 15 is 0 Å². The normalized spacial score (nSPS) is 14.7. The number of hydrogen-bond donors (Lipinski definition) is 2. The summed E-state index contributed by atoms with van der Waals surface area (Å²) < 4.78 is 5.58. The largest absolute Gasteiger partial charge is 0.395 e. The molecule has 0 aliphatic rings. The maximum atomic E-state index is 8.88. The number of hydrogen-bond acceptors (Lipinski definition) is 3. The first-order valence-corrected chi connectivity index (χ1v) is 5.71. The van der Waals surface area contributed by atoms with Gasteiger partial charge >= 0.3 is 0 Å². The SMILES string of the molecule is CC(CO)NC(C)COCc1ccccc1. The van der Waals surface area contributed by atoms with Gasteiger partial charge in [0.2, 0.25) is 0 Å². The van der Waals surface area contributed by atoms with Crippen LogP contribution in [0.15, 0.2) is 30.3 Å². The van der Waals surface area contributed by atoms with Gasteiger partial charge in [0, 0.05) is 12.1 Å². The van der Waals surface area contributed by atoms with Gasteiger partial charge in [-0.2, -0.15) is 0 Å². The van der Waals surface area contributed by atoms with E-state index in [1.54, 1.807) is 0 Å². The predicted molar refractivity (Wildman–Crippen MR) is 65.2 cm³/mol. The van der Waals surface area contributed by atoms with E-state index in [0.717, 1.165) is 0 Å². The van der Waals surface area contributed by atoms with Gasteiger partial charge in [0.25, 0.3) is 0 Å². The Morgan fingerprint density at radius 1 is 1.19 bits per heavy atom. The van der Waals surface area contributed by atoms with Crippen molar-refractivity contribution in [2.45, 2.75) is 32.5 Å². The van der Waals surface area contributed by atoms with E-state index in [1.165, 1.54) is 5.56 Å². The molecule has 0 aliphatic heterocycles. The molecular formula is C13H21NO2. The lowest BCUT2D eigenvalue weighted by atomic mass is 10.2. The van der Waals surface area contributed by atoms with Crippen molar-refractivity contribution in [1.29, 1.82) is 0 Å². The van der Waals surface area contributed by atoms with Gasteiger partial charge in [0.1, 0.15) is 0 Å². The van der Waals surface area contributed by atoms with E-state index in [0.29, 0.717) is 13.2 Å². The molecule has 0 saturated heterocycles. The molecule has 90 valence electrons. The van der Waals surface area contributed by atoms with Gasteiger partial charge in [0.15, 0.2) is 0 Å². The summed E-state index contributed by atoms with van der Waals surface area (Å²) in [5.74, 6) is 0. The number of aliphatic hydroxyl groups excluding tert-OH is 1. The van der Waals surface area contributed by atoms with E-state index in [2.05, 4.69) is 24.4 Å². The van der Waals surface area contributed by atoms with Crippen LogP contribution in [0.1, 0.15) is 19.4 Å². The zero-order valence-corrected chi connectivity index (χ0v) is 10.0. The molecule has 0 radical (unpaired) electrons. The maximum absolute atomic E-state index is 8.88. The van der Waals surface area contributed by atoms with Crippen molar-refractivity contribution < 1.29 is 9.84 Å². The minimum atomic E-state index is 0.121. The fraction of sp³-hybridized carbons (Fsp3) is 0.538. The van der Waals surface area contributed by atoms with E-state index in [9.17, 15) is 0 Å². The topological polar surface area (TPSA) is 41.5 Å². The fourth-order valence-electron chi connectivity index (χ4n) is 1.51. The third-order valence-electron chi connectivity index (χ3n) is 2.32. The van der Waals surface area contributed by atoms with Gasteiger partial charge in [-0.05, 0) is 19.4 Å². The third-order valence-corrected chi connectivity index (χ3v) is 2.32. The highest BCUT2D eigenvalue weighted by atomic mass is 16.5. The Balaban J connectivity index is 2.15. The van der Waals surface area contributed by atoms with Crippen LogP contribution < -0.4 is 5.32 Å². The molecular weight excluding hydrogens is 202 g/mol. The second-order valence-corrected chi connectivity index (χ2v) is 4.15. The van der Waals surface area contributed by atoms with E-state index in [4.69, 9.17) is 9.84 Å². The molecule has 16 heavy (non-hydrogen) atoms. The summed E-state index contributed by atoms with van der Waals surface area (Å²) in [6.07, 6.45) is 0. The first-order valence-electron chi connectivity index (χ1n) is 5.71. The molecule has 1 aromatic rings. The van der Waals surface area contributed by atoms with Crippen molar-refractivity contribution in [3.8, 4) is 0 Å². The summed E-state index contributed by atoms with van der Waals surface area (Å²) in [6, 6.07) is 10.5. The lowest BCUT2D eigenvalue weighted by Gasteiger charge is -2.18. The second-order valence-electron chi connectivity index (χ2n) is 4.15. The predicted octanol–water partition coefficient (Wildman–Crippen LogP) is 1.56. The van der Waals surface area contributed by atoms with Gasteiger partial charge in [0.05, 0.1) is 19.8 Å². The highest BCUT2D eigenvalue weighted by molar-refractivity contribution is 5.13. The number of nitrogens with one attached hydrogen (secondary N) is 1. The van der Waals surface area contributed by atoms with Gasteiger partial charge in [-0.25, -0.2) is 0 Å². The average Bonchev–Trinajstić information content (AvgIpc) is 2.30. The first kappa shape index (κ1) is 13.2. The summed E-state index contributed by atoms with van der Waals surface area (Å²) in [7, 11) is 0. The standard InChI is InChI=1S/C13H21NO2/c1-11(8-15)14-12(2)9-16-10-13-6-4-3-5-7-13/h3-7,11-12,14-15H,8-10H2,1-2H3. The Kier molecular flexibility index (Phi) is 6.08. The molecule has 1 aromatic carbocycles. The van der Waals surface area contributed by atoms with E-state index in [-0.39, 0.29) is 18.7 Å². The molecule has 2 atom stereocenters. The van der Waals surface area contributed by atoms with Crippen molar-refractivity contribution in [3.63, 3.8) is 0 Å². The summed E-state index contributed by atoms with van der Waals surface area (Å²) in [5, 5.41) is 12.1. The number of aliphatic hydroxyl groups is 1. The minimum Gasteiger partial charge on any atom is -0.395 e. The smallest absolute Gasteiger partial charge is 0.0717 e. The Morgan fingerprint density at radius 2 is 1.88 bits per heavy atom. The lowest BCUT2D eigenvalue weighted by Crippen LogP contribution is -2.39. The summed E-state index contributed by atoms with van der Waals surface area (Å²) >= 11 is 0. The van der Waals surface area contributed by atoms with Crippen LogP contribution in [-0.2, 0) is 11.3 Å². The van der Waals surface area contributed by atoms with E-state index in [1.807, 2.05) is 25.1 Å². The van der Waals surface area contributed by atoms with Crippen LogP contribution >= 0.6 is 0 Å². The molecule has 0 aliphatic carbocycles. The molecule has 2 unspecified atom stereocenters.